The van der Waals surface area contributed by atoms with E-state index in [0.29, 0.717) is 11.3 Å². The number of carbonyl (C=O) groups is 2. The van der Waals surface area contributed by atoms with E-state index in [1.807, 2.05) is 0 Å². The van der Waals surface area contributed by atoms with Crippen LogP contribution in [0.3, 0.4) is 0 Å². The number of aryl methyl sites for hydroxylation is 1. The molecule has 1 aromatic carbocycles. The molecule has 4 nitrogen and oxygen atoms in total. The summed E-state index contributed by atoms with van der Waals surface area (Å²) in [4.78, 5) is 21.9. The van der Waals surface area contributed by atoms with Crippen LogP contribution in [0.5, 0.6) is 0 Å². The number of hydrogen-bond acceptors (Lipinski definition) is 3. The summed E-state index contributed by atoms with van der Waals surface area (Å²) in [5.41, 5.74) is 0.426. The molecule has 2 rings (SSSR count). The Morgan fingerprint density at radius 2 is 2.07 bits per heavy atom. The molecule has 0 aliphatic carbocycles. The molecule has 0 amide bonds. The van der Waals surface area contributed by atoms with Crippen molar-refractivity contribution in [3.05, 3.63) is 35.6 Å². The Kier molecular flexibility index (Phi) is 2.04. The summed E-state index contributed by atoms with van der Waals surface area (Å²) >= 11 is 0. The molecule has 0 unspecified atom stereocenters. The van der Waals surface area contributed by atoms with E-state index in [2.05, 4.69) is 0 Å². The molecule has 0 fully saturated rings. The van der Waals surface area contributed by atoms with Gasteiger partial charge < -0.3 is 9.52 Å². The lowest BCUT2D eigenvalue weighted by molar-refractivity contribution is -0.131. The van der Waals surface area contributed by atoms with Crippen molar-refractivity contribution in [1.82, 2.24) is 0 Å². The van der Waals surface area contributed by atoms with Crippen LogP contribution in [-0.4, -0.2) is 16.9 Å². The molecule has 0 saturated carbocycles. The van der Waals surface area contributed by atoms with Crippen LogP contribution in [0.15, 0.2) is 28.7 Å². The predicted octanol–water partition coefficient (Wildman–Crippen LogP) is 2.01. The van der Waals surface area contributed by atoms with E-state index >= 15 is 0 Å². The number of carboxylic acids is 1. The van der Waals surface area contributed by atoms with E-state index in [4.69, 9.17) is 9.52 Å². The highest BCUT2D eigenvalue weighted by atomic mass is 16.4. The molecule has 0 saturated heterocycles. The zero-order chi connectivity index (χ0) is 11.0. The monoisotopic (exact) mass is 204 g/mol. The van der Waals surface area contributed by atoms with Crippen LogP contribution in [-0.2, 0) is 4.79 Å². The summed E-state index contributed by atoms with van der Waals surface area (Å²) < 4.78 is 5.29. The lowest BCUT2D eigenvalue weighted by Crippen LogP contribution is -2.12. The number of hydrogen-bond donors (Lipinski definition) is 1. The number of carbonyl (C=O) groups excluding carboxylic acids is 1. The van der Waals surface area contributed by atoms with Crippen LogP contribution in [0.2, 0.25) is 0 Å². The van der Waals surface area contributed by atoms with Gasteiger partial charge in [-0.1, -0.05) is 12.1 Å². The van der Waals surface area contributed by atoms with Gasteiger partial charge in [-0.2, -0.15) is 0 Å². The van der Waals surface area contributed by atoms with Gasteiger partial charge in [-0.3, -0.25) is 4.79 Å². The van der Waals surface area contributed by atoms with E-state index in [9.17, 15) is 9.59 Å². The molecular formula is C11H8O4. The van der Waals surface area contributed by atoms with Gasteiger partial charge >= 0.3 is 5.97 Å². The number of Topliss-reactive ketones (excluding diaryl/α,β-unsaturated/α-hetero) is 1. The molecule has 0 atom stereocenters. The van der Waals surface area contributed by atoms with Crippen LogP contribution in [0, 0.1) is 6.92 Å². The number of benzene rings is 1. The van der Waals surface area contributed by atoms with Crippen molar-refractivity contribution in [1.29, 1.82) is 0 Å². The first-order chi connectivity index (χ1) is 7.09. The fraction of sp³-hybridized carbons (Fsp3) is 0.0909. The standard InChI is InChI=1S/C11H8O4/c1-6-5-7-3-2-4-8(10(7)15-6)9(12)11(13)14/h2-5H,1H3,(H,13,14). The van der Waals surface area contributed by atoms with E-state index < -0.39 is 11.8 Å². The highest BCUT2D eigenvalue weighted by Crippen LogP contribution is 2.22. The van der Waals surface area contributed by atoms with Crippen LogP contribution >= 0.6 is 0 Å². The van der Waals surface area contributed by atoms with Crippen molar-refractivity contribution in [2.24, 2.45) is 0 Å². The first kappa shape index (κ1) is 9.45. The van der Waals surface area contributed by atoms with Gasteiger partial charge in [0.1, 0.15) is 11.3 Å². The Bertz CT molecular complexity index is 551. The average Bonchev–Trinajstić information content (AvgIpc) is 2.56. The Balaban J connectivity index is 2.70. The molecule has 0 aliphatic heterocycles. The summed E-state index contributed by atoms with van der Waals surface area (Å²) in [5.74, 6) is -1.78. The molecule has 76 valence electrons. The summed E-state index contributed by atoms with van der Waals surface area (Å²) in [6.07, 6.45) is 0. The average molecular weight is 204 g/mol. The summed E-state index contributed by atoms with van der Waals surface area (Å²) in [6, 6.07) is 6.60. The highest BCUT2D eigenvalue weighted by Gasteiger charge is 2.19. The van der Waals surface area contributed by atoms with E-state index in [-0.39, 0.29) is 5.56 Å². The Morgan fingerprint density at radius 3 is 2.73 bits per heavy atom. The molecule has 0 aliphatic rings. The second kappa shape index (κ2) is 3.24. The van der Waals surface area contributed by atoms with Crippen LogP contribution < -0.4 is 0 Å². The quantitative estimate of drug-likeness (QED) is 0.600. The molecule has 1 N–H and O–H groups in total. The lowest BCUT2D eigenvalue weighted by atomic mass is 10.1. The third-order valence-corrected chi connectivity index (χ3v) is 2.11. The molecule has 1 heterocycles. The number of rotatable bonds is 2. The van der Waals surface area contributed by atoms with Gasteiger partial charge in [-0.15, -0.1) is 0 Å². The van der Waals surface area contributed by atoms with Crippen LogP contribution in [0.4, 0.5) is 0 Å². The molecule has 2 aromatic rings. The van der Waals surface area contributed by atoms with Gasteiger partial charge in [-0.25, -0.2) is 4.79 Å². The molecule has 4 heteroatoms. The summed E-state index contributed by atoms with van der Waals surface area (Å²) in [6.45, 7) is 1.75. The van der Waals surface area contributed by atoms with Gasteiger partial charge in [0, 0.05) is 5.39 Å². The molecular weight excluding hydrogens is 196 g/mol. The molecule has 1 aromatic heterocycles. The summed E-state index contributed by atoms with van der Waals surface area (Å²) in [7, 11) is 0. The van der Waals surface area contributed by atoms with Gasteiger partial charge in [0.2, 0.25) is 0 Å². The smallest absolute Gasteiger partial charge is 0.377 e. The zero-order valence-corrected chi connectivity index (χ0v) is 7.98. The number of aliphatic carboxylic acids is 1. The normalized spacial score (nSPS) is 10.5. The van der Waals surface area contributed by atoms with Gasteiger partial charge in [0.15, 0.2) is 0 Å². The first-order valence-electron chi connectivity index (χ1n) is 4.36. The fourth-order valence-electron chi connectivity index (χ4n) is 1.49. The van der Waals surface area contributed by atoms with Crippen molar-refractivity contribution in [2.75, 3.05) is 0 Å². The number of carboxylic acid groups (broad SMARTS) is 1. The number of para-hydroxylation sites is 1. The molecule has 0 bridgehead atoms. The lowest BCUT2D eigenvalue weighted by Gasteiger charge is -1.96. The number of furan rings is 1. The maximum absolute atomic E-state index is 11.3. The largest absolute Gasteiger partial charge is 0.475 e. The third-order valence-electron chi connectivity index (χ3n) is 2.11. The fourth-order valence-corrected chi connectivity index (χ4v) is 1.49. The zero-order valence-electron chi connectivity index (χ0n) is 7.98. The minimum atomic E-state index is -1.48. The Morgan fingerprint density at radius 1 is 1.33 bits per heavy atom. The first-order valence-corrected chi connectivity index (χ1v) is 4.36. The van der Waals surface area contributed by atoms with Gasteiger partial charge in [0.25, 0.3) is 5.78 Å². The molecule has 0 radical (unpaired) electrons. The Hall–Kier alpha value is -2.10. The highest BCUT2D eigenvalue weighted by molar-refractivity contribution is 6.41. The number of ketones is 1. The van der Waals surface area contributed by atoms with Crippen LogP contribution in [0.25, 0.3) is 11.0 Å². The maximum Gasteiger partial charge on any atom is 0.377 e. The van der Waals surface area contributed by atoms with Crippen LogP contribution in [0.1, 0.15) is 16.1 Å². The maximum atomic E-state index is 11.3. The third kappa shape index (κ3) is 1.50. The van der Waals surface area contributed by atoms with Crippen molar-refractivity contribution in [3.63, 3.8) is 0 Å². The van der Waals surface area contributed by atoms with Gasteiger partial charge in [-0.05, 0) is 19.1 Å². The summed E-state index contributed by atoms with van der Waals surface area (Å²) in [5, 5.41) is 9.35. The topological polar surface area (TPSA) is 67.5 Å². The van der Waals surface area contributed by atoms with Crippen molar-refractivity contribution in [2.45, 2.75) is 6.92 Å². The number of fused-ring (bicyclic) bond motifs is 1. The van der Waals surface area contributed by atoms with Crippen molar-refractivity contribution >= 4 is 22.7 Å². The van der Waals surface area contributed by atoms with Crippen molar-refractivity contribution in [3.8, 4) is 0 Å². The molecule has 0 spiro atoms. The second-order valence-electron chi connectivity index (χ2n) is 3.22. The Labute approximate surface area is 85.1 Å². The SMILES string of the molecule is Cc1cc2cccc(C(=O)C(=O)O)c2o1. The predicted molar refractivity (Wildman–Crippen MR) is 52.9 cm³/mol. The second-order valence-corrected chi connectivity index (χ2v) is 3.22. The van der Waals surface area contributed by atoms with Gasteiger partial charge in [0.05, 0.1) is 5.56 Å². The minimum absolute atomic E-state index is 0.0908. The minimum Gasteiger partial charge on any atom is -0.475 e. The van der Waals surface area contributed by atoms with E-state index in [1.165, 1.54) is 6.07 Å². The van der Waals surface area contributed by atoms with E-state index in [1.54, 1.807) is 25.1 Å². The molecule has 15 heavy (non-hydrogen) atoms. The van der Waals surface area contributed by atoms with Crippen molar-refractivity contribution < 1.29 is 19.1 Å². The van der Waals surface area contributed by atoms with E-state index in [0.717, 1.165) is 5.39 Å².